The molecule has 1 nitrogen and oxygen atoms in total. The Bertz CT molecular complexity index is 304. The lowest BCUT2D eigenvalue weighted by Gasteiger charge is -2.08. The van der Waals surface area contributed by atoms with E-state index in [0.29, 0.717) is 0 Å². The highest BCUT2D eigenvalue weighted by molar-refractivity contribution is 5.78. The second kappa shape index (κ2) is 4.03. The summed E-state index contributed by atoms with van der Waals surface area (Å²) in [6, 6.07) is 8.58. The molecule has 2 heteroatoms. The van der Waals surface area contributed by atoms with E-state index >= 15 is 0 Å². The first-order chi connectivity index (χ1) is 5.36. The van der Waals surface area contributed by atoms with Gasteiger partial charge in [0.25, 0.3) is 0 Å². The van der Waals surface area contributed by atoms with Gasteiger partial charge in [0.15, 0.2) is 6.21 Å². The number of halogens is 1. The van der Waals surface area contributed by atoms with Crippen LogP contribution in [0.25, 0.3) is 0 Å². The molecule has 1 heterocycles. The van der Waals surface area contributed by atoms with Crippen LogP contribution < -0.4 is 24.0 Å². The summed E-state index contributed by atoms with van der Waals surface area (Å²) in [5, 5.41) is 0. The molecule has 0 spiro atoms. The Morgan fingerprint density at radius 3 is 2.83 bits per heavy atom. The van der Waals surface area contributed by atoms with Gasteiger partial charge in [-0.2, -0.15) is 0 Å². The summed E-state index contributed by atoms with van der Waals surface area (Å²) >= 11 is 0. The predicted molar refractivity (Wildman–Crippen MR) is 46.4 cm³/mol. The van der Waals surface area contributed by atoms with Crippen LogP contribution >= 0.6 is 0 Å². The number of likely N-dealkylation sites (N-methyl/N-ethyl adjacent to an activating group) is 1. The second-order valence-electron chi connectivity index (χ2n) is 3.06. The fourth-order valence-electron chi connectivity index (χ4n) is 1.49. The zero-order valence-electron chi connectivity index (χ0n) is 7.13. The minimum atomic E-state index is 0. The first-order valence-electron chi connectivity index (χ1n) is 3.99. The van der Waals surface area contributed by atoms with Crippen molar-refractivity contribution in [2.75, 3.05) is 13.6 Å². The molecule has 64 valence electrons. The summed E-state index contributed by atoms with van der Waals surface area (Å²) in [7, 11) is 2.12. The first-order valence-corrected chi connectivity index (χ1v) is 3.99. The Morgan fingerprint density at radius 2 is 2.00 bits per heavy atom. The molecule has 12 heavy (non-hydrogen) atoms. The van der Waals surface area contributed by atoms with Gasteiger partial charge in [0.1, 0.15) is 13.6 Å². The topological polar surface area (TPSA) is 3.01 Å². The number of benzene rings is 1. The largest absolute Gasteiger partial charge is 1.00 e. The van der Waals surface area contributed by atoms with Crippen LogP contribution in [0.1, 0.15) is 11.1 Å². The van der Waals surface area contributed by atoms with Gasteiger partial charge in [-0.1, -0.05) is 18.2 Å². The van der Waals surface area contributed by atoms with Gasteiger partial charge in [-0.05, 0) is 11.6 Å². The summed E-state index contributed by atoms with van der Waals surface area (Å²) in [6.07, 6.45) is 3.39. The number of hydrogen-bond donors (Lipinski definition) is 0. The fourth-order valence-corrected chi connectivity index (χ4v) is 1.49. The van der Waals surface area contributed by atoms with E-state index in [-0.39, 0.29) is 24.0 Å². The zero-order valence-corrected chi connectivity index (χ0v) is 9.28. The molecule has 0 aliphatic carbocycles. The van der Waals surface area contributed by atoms with Crippen LogP contribution in [0.15, 0.2) is 24.3 Å². The quantitative estimate of drug-likeness (QED) is 0.392. The van der Waals surface area contributed by atoms with Crippen molar-refractivity contribution in [1.29, 1.82) is 0 Å². The molecule has 1 aliphatic rings. The maximum absolute atomic E-state index is 2.24. The lowest BCUT2D eigenvalue weighted by atomic mass is 10.0. The van der Waals surface area contributed by atoms with E-state index in [0.717, 1.165) is 6.54 Å². The standard InChI is InChI=1S/C10H12N.HI/c1-11-7-6-9-4-2-3-5-10(9)8-11;/h2-5,8H,6-7H2,1H3;1H/q+1;/p-1. The number of nitrogens with zero attached hydrogens (tertiary/aromatic N) is 1. The van der Waals surface area contributed by atoms with Gasteiger partial charge in [-0.25, -0.2) is 4.58 Å². The Kier molecular flexibility index (Phi) is 3.26. The molecule has 0 radical (unpaired) electrons. The van der Waals surface area contributed by atoms with Crippen molar-refractivity contribution in [2.45, 2.75) is 6.42 Å². The molecule has 1 aromatic rings. The summed E-state index contributed by atoms with van der Waals surface area (Å²) in [4.78, 5) is 0. The lowest BCUT2D eigenvalue weighted by molar-refractivity contribution is -0.493. The lowest BCUT2D eigenvalue weighted by Crippen LogP contribution is -3.00. The Labute approximate surface area is 90.1 Å². The maximum atomic E-state index is 2.24. The molecule has 1 aliphatic heterocycles. The van der Waals surface area contributed by atoms with Crippen molar-refractivity contribution in [3.8, 4) is 0 Å². The van der Waals surface area contributed by atoms with Gasteiger partial charge >= 0.3 is 0 Å². The third-order valence-corrected chi connectivity index (χ3v) is 2.15. The van der Waals surface area contributed by atoms with Crippen molar-refractivity contribution in [3.05, 3.63) is 35.4 Å². The number of rotatable bonds is 0. The van der Waals surface area contributed by atoms with Crippen LogP contribution in [0.5, 0.6) is 0 Å². The third-order valence-electron chi connectivity index (χ3n) is 2.15. The molecule has 0 bridgehead atoms. The monoisotopic (exact) mass is 273 g/mol. The third kappa shape index (κ3) is 1.86. The normalized spacial score (nSPS) is 14.2. The van der Waals surface area contributed by atoms with Crippen molar-refractivity contribution >= 4 is 6.21 Å². The molecular formula is C10H12IN. The fraction of sp³-hybridized carbons (Fsp3) is 0.300. The van der Waals surface area contributed by atoms with Crippen molar-refractivity contribution < 1.29 is 28.6 Å². The molecule has 1 aromatic carbocycles. The first kappa shape index (κ1) is 9.71. The van der Waals surface area contributed by atoms with Gasteiger partial charge in [0, 0.05) is 12.0 Å². The molecule has 0 saturated heterocycles. The minimum Gasteiger partial charge on any atom is -1.00 e. The average molecular weight is 273 g/mol. The summed E-state index contributed by atoms with van der Waals surface area (Å²) < 4.78 is 2.24. The van der Waals surface area contributed by atoms with E-state index in [4.69, 9.17) is 0 Å². The number of fused-ring (bicyclic) bond motifs is 1. The Hall–Kier alpha value is -0.380. The van der Waals surface area contributed by atoms with Crippen LogP contribution in [-0.2, 0) is 6.42 Å². The van der Waals surface area contributed by atoms with Crippen molar-refractivity contribution in [1.82, 2.24) is 0 Å². The SMILES string of the molecule is C[N+]1=Cc2ccccc2CC1.[I-]. The molecule has 0 unspecified atom stereocenters. The van der Waals surface area contributed by atoms with E-state index in [9.17, 15) is 0 Å². The predicted octanol–water partition coefficient (Wildman–Crippen LogP) is -1.69. The second-order valence-corrected chi connectivity index (χ2v) is 3.06. The van der Waals surface area contributed by atoms with E-state index in [1.54, 1.807) is 0 Å². The molecule has 0 N–H and O–H groups in total. The number of hydrogen-bond acceptors (Lipinski definition) is 0. The zero-order chi connectivity index (χ0) is 7.68. The van der Waals surface area contributed by atoms with Crippen LogP contribution in [0.4, 0.5) is 0 Å². The van der Waals surface area contributed by atoms with Crippen LogP contribution in [0.2, 0.25) is 0 Å². The minimum absolute atomic E-state index is 0. The summed E-state index contributed by atoms with van der Waals surface area (Å²) in [5.41, 5.74) is 2.85. The van der Waals surface area contributed by atoms with Crippen LogP contribution in [-0.4, -0.2) is 24.4 Å². The molecule has 0 atom stereocenters. The van der Waals surface area contributed by atoms with Crippen LogP contribution in [0, 0.1) is 0 Å². The molecule has 0 saturated carbocycles. The van der Waals surface area contributed by atoms with Gasteiger partial charge in [-0.15, -0.1) is 0 Å². The molecule has 0 fully saturated rings. The summed E-state index contributed by atoms with van der Waals surface area (Å²) in [6.45, 7) is 1.15. The Morgan fingerprint density at radius 1 is 1.25 bits per heavy atom. The highest BCUT2D eigenvalue weighted by atomic mass is 127. The van der Waals surface area contributed by atoms with Gasteiger partial charge in [-0.3, -0.25) is 0 Å². The smallest absolute Gasteiger partial charge is 0.170 e. The molecule has 0 amide bonds. The molecule has 2 rings (SSSR count). The summed E-state index contributed by atoms with van der Waals surface area (Å²) in [5.74, 6) is 0. The van der Waals surface area contributed by atoms with E-state index in [2.05, 4.69) is 42.1 Å². The van der Waals surface area contributed by atoms with Crippen molar-refractivity contribution in [2.24, 2.45) is 0 Å². The van der Waals surface area contributed by atoms with E-state index in [1.165, 1.54) is 17.5 Å². The highest BCUT2D eigenvalue weighted by Gasteiger charge is 2.10. The average Bonchev–Trinajstić information content (AvgIpc) is 2.04. The maximum Gasteiger partial charge on any atom is 0.170 e. The van der Waals surface area contributed by atoms with Crippen molar-refractivity contribution in [3.63, 3.8) is 0 Å². The van der Waals surface area contributed by atoms with Gasteiger partial charge in [0.05, 0.1) is 0 Å². The van der Waals surface area contributed by atoms with E-state index in [1.807, 2.05) is 0 Å². The highest BCUT2D eigenvalue weighted by Crippen LogP contribution is 2.09. The van der Waals surface area contributed by atoms with Crippen LogP contribution in [0.3, 0.4) is 0 Å². The van der Waals surface area contributed by atoms with E-state index < -0.39 is 0 Å². The molecule has 0 aromatic heterocycles. The van der Waals surface area contributed by atoms with Gasteiger partial charge < -0.3 is 24.0 Å². The van der Waals surface area contributed by atoms with Gasteiger partial charge in [0.2, 0.25) is 0 Å². The molecular weight excluding hydrogens is 261 g/mol. The Balaban J connectivity index is 0.000000720.